The predicted molar refractivity (Wildman–Crippen MR) is 62.8 cm³/mol. The highest BCUT2D eigenvalue weighted by Gasteiger charge is 2.01. The monoisotopic (exact) mass is 203 g/mol. The number of nitrogens with zero attached hydrogens (tertiary/aromatic N) is 2. The van der Waals surface area contributed by atoms with E-state index in [1.807, 2.05) is 6.33 Å². The SMILES string of the molecule is CCn1cnc2cc(CCCN)ccc21. The average molecular weight is 203 g/mol. The van der Waals surface area contributed by atoms with Crippen molar-refractivity contribution in [2.45, 2.75) is 26.3 Å². The molecular weight excluding hydrogens is 186 g/mol. The van der Waals surface area contributed by atoms with Crippen LogP contribution in [0.3, 0.4) is 0 Å². The third-order valence-electron chi connectivity index (χ3n) is 2.70. The molecule has 3 nitrogen and oxygen atoms in total. The molecule has 0 saturated heterocycles. The Bertz CT molecular complexity index is 445. The summed E-state index contributed by atoms with van der Waals surface area (Å²) in [7, 11) is 0. The van der Waals surface area contributed by atoms with Crippen LogP contribution in [0, 0.1) is 0 Å². The quantitative estimate of drug-likeness (QED) is 0.825. The molecule has 0 radical (unpaired) electrons. The number of aryl methyl sites for hydroxylation is 2. The van der Waals surface area contributed by atoms with E-state index in [1.54, 1.807) is 0 Å². The molecule has 0 bridgehead atoms. The first-order valence-corrected chi connectivity index (χ1v) is 5.49. The summed E-state index contributed by atoms with van der Waals surface area (Å²) in [6.45, 7) is 3.85. The zero-order valence-corrected chi connectivity index (χ0v) is 9.11. The summed E-state index contributed by atoms with van der Waals surface area (Å²) in [4.78, 5) is 4.39. The third-order valence-corrected chi connectivity index (χ3v) is 2.70. The van der Waals surface area contributed by atoms with Crippen LogP contribution in [0.2, 0.25) is 0 Å². The summed E-state index contributed by atoms with van der Waals surface area (Å²) < 4.78 is 2.15. The van der Waals surface area contributed by atoms with Crippen LogP contribution in [0.25, 0.3) is 11.0 Å². The number of hydrogen-bond donors (Lipinski definition) is 1. The van der Waals surface area contributed by atoms with Gasteiger partial charge >= 0.3 is 0 Å². The maximum Gasteiger partial charge on any atom is 0.0958 e. The molecule has 3 heteroatoms. The Morgan fingerprint density at radius 2 is 2.27 bits per heavy atom. The Labute approximate surface area is 89.9 Å². The number of hydrogen-bond acceptors (Lipinski definition) is 2. The van der Waals surface area contributed by atoms with Crippen molar-refractivity contribution in [3.8, 4) is 0 Å². The van der Waals surface area contributed by atoms with Crippen molar-refractivity contribution in [3.63, 3.8) is 0 Å². The molecule has 2 rings (SSSR count). The Kier molecular flexibility index (Phi) is 3.02. The summed E-state index contributed by atoms with van der Waals surface area (Å²) in [5, 5.41) is 0. The van der Waals surface area contributed by atoms with Crippen molar-refractivity contribution < 1.29 is 0 Å². The van der Waals surface area contributed by atoms with Crippen molar-refractivity contribution in [3.05, 3.63) is 30.1 Å². The van der Waals surface area contributed by atoms with Gasteiger partial charge in [-0.1, -0.05) is 6.07 Å². The van der Waals surface area contributed by atoms with Crippen molar-refractivity contribution in [2.24, 2.45) is 5.73 Å². The zero-order chi connectivity index (χ0) is 10.7. The molecule has 0 atom stereocenters. The molecule has 0 aliphatic rings. The fourth-order valence-electron chi connectivity index (χ4n) is 1.82. The van der Waals surface area contributed by atoms with E-state index in [0.717, 1.165) is 31.4 Å². The van der Waals surface area contributed by atoms with E-state index in [2.05, 4.69) is 34.7 Å². The van der Waals surface area contributed by atoms with E-state index in [0.29, 0.717) is 0 Å². The maximum atomic E-state index is 5.49. The molecule has 0 aliphatic carbocycles. The first-order valence-electron chi connectivity index (χ1n) is 5.49. The lowest BCUT2D eigenvalue weighted by molar-refractivity contribution is 0.787. The van der Waals surface area contributed by atoms with Gasteiger partial charge in [0.05, 0.1) is 17.4 Å². The highest BCUT2D eigenvalue weighted by molar-refractivity contribution is 5.76. The molecule has 80 valence electrons. The van der Waals surface area contributed by atoms with Crippen molar-refractivity contribution >= 4 is 11.0 Å². The lowest BCUT2D eigenvalue weighted by Crippen LogP contribution is -2.00. The Hall–Kier alpha value is -1.35. The van der Waals surface area contributed by atoms with Gasteiger partial charge in [0.1, 0.15) is 0 Å². The predicted octanol–water partition coefficient (Wildman–Crippen LogP) is 1.95. The Morgan fingerprint density at radius 1 is 1.40 bits per heavy atom. The summed E-state index contributed by atoms with van der Waals surface area (Å²) in [6, 6.07) is 6.49. The van der Waals surface area contributed by atoms with Crippen LogP contribution < -0.4 is 5.73 Å². The second-order valence-electron chi connectivity index (χ2n) is 3.75. The first-order chi connectivity index (χ1) is 7.35. The van der Waals surface area contributed by atoms with Crippen LogP contribution in [-0.4, -0.2) is 16.1 Å². The molecule has 2 aromatic rings. The molecule has 0 amide bonds. The second kappa shape index (κ2) is 4.45. The van der Waals surface area contributed by atoms with E-state index in [9.17, 15) is 0 Å². The number of nitrogens with two attached hydrogens (primary N) is 1. The largest absolute Gasteiger partial charge is 0.331 e. The molecule has 0 fully saturated rings. The Balaban J connectivity index is 2.31. The molecular formula is C12H17N3. The topological polar surface area (TPSA) is 43.8 Å². The van der Waals surface area contributed by atoms with Gasteiger partial charge in [0.2, 0.25) is 0 Å². The Morgan fingerprint density at radius 3 is 3.00 bits per heavy atom. The average Bonchev–Trinajstić information content (AvgIpc) is 2.68. The van der Waals surface area contributed by atoms with Crippen LogP contribution in [-0.2, 0) is 13.0 Å². The molecule has 0 spiro atoms. The second-order valence-corrected chi connectivity index (χ2v) is 3.75. The van der Waals surface area contributed by atoms with Crippen molar-refractivity contribution in [2.75, 3.05) is 6.54 Å². The van der Waals surface area contributed by atoms with E-state index in [-0.39, 0.29) is 0 Å². The van der Waals surface area contributed by atoms with E-state index in [1.165, 1.54) is 11.1 Å². The minimum Gasteiger partial charge on any atom is -0.331 e. The molecule has 0 saturated carbocycles. The number of aromatic nitrogens is 2. The highest BCUT2D eigenvalue weighted by Crippen LogP contribution is 2.15. The van der Waals surface area contributed by atoms with Gasteiger partial charge in [0.15, 0.2) is 0 Å². The van der Waals surface area contributed by atoms with Gasteiger partial charge in [-0.2, -0.15) is 0 Å². The smallest absolute Gasteiger partial charge is 0.0958 e. The normalized spacial score (nSPS) is 11.1. The van der Waals surface area contributed by atoms with Crippen molar-refractivity contribution in [1.82, 2.24) is 9.55 Å². The van der Waals surface area contributed by atoms with E-state index >= 15 is 0 Å². The lowest BCUT2D eigenvalue weighted by Gasteiger charge is -2.01. The van der Waals surface area contributed by atoms with Gasteiger partial charge in [-0.05, 0) is 44.0 Å². The number of imidazole rings is 1. The van der Waals surface area contributed by atoms with Crippen LogP contribution in [0.4, 0.5) is 0 Å². The molecule has 0 aliphatic heterocycles. The van der Waals surface area contributed by atoms with Crippen molar-refractivity contribution in [1.29, 1.82) is 0 Å². The highest BCUT2D eigenvalue weighted by atomic mass is 15.0. The van der Waals surface area contributed by atoms with Crippen LogP contribution in [0.15, 0.2) is 24.5 Å². The molecule has 1 aromatic carbocycles. The number of fused-ring (bicyclic) bond motifs is 1. The summed E-state index contributed by atoms with van der Waals surface area (Å²) >= 11 is 0. The first kappa shape index (κ1) is 10.2. The molecule has 0 unspecified atom stereocenters. The van der Waals surface area contributed by atoms with Crippen LogP contribution in [0.5, 0.6) is 0 Å². The number of benzene rings is 1. The summed E-state index contributed by atoms with van der Waals surface area (Å²) in [6.07, 6.45) is 3.99. The van der Waals surface area contributed by atoms with E-state index in [4.69, 9.17) is 5.73 Å². The van der Waals surface area contributed by atoms with Gasteiger partial charge in [-0.25, -0.2) is 4.98 Å². The lowest BCUT2D eigenvalue weighted by atomic mass is 10.1. The van der Waals surface area contributed by atoms with Gasteiger partial charge in [0.25, 0.3) is 0 Å². The summed E-state index contributed by atoms with van der Waals surface area (Å²) in [5.74, 6) is 0. The minimum atomic E-state index is 0.751. The van der Waals surface area contributed by atoms with Gasteiger partial charge < -0.3 is 10.3 Å². The molecule has 1 aromatic heterocycles. The zero-order valence-electron chi connectivity index (χ0n) is 9.11. The van der Waals surface area contributed by atoms with Gasteiger partial charge in [0, 0.05) is 6.54 Å². The minimum absolute atomic E-state index is 0.751. The van der Waals surface area contributed by atoms with E-state index < -0.39 is 0 Å². The standard InChI is InChI=1S/C12H17N3/c1-2-15-9-14-11-8-10(4-3-7-13)5-6-12(11)15/h5-6,8-9H,2-4,7,13H2,1H3. The fourth-order valence-corrected chi connectivity index (χ4v) is 1.82. The van der Waals surface area contributed by atoms with Crippen LogP contribution in [0.1, 0.15) is 18.9 Å². The molecule has 1 heterocycles. The number of rotatable bonds is 4. The summed E-state index contributed by atoms with van der Waals surface area (Å²) in [5.41, 5.74) is 9.13. The van der Waals surface area contributed by atoms with Crippen LogP contribution >= 0.6 is 0 Å². The fraction of sp³-hybridized carbons (Fsp3) is 0.417. The van der Waals surface area contributed by atoms with Gasteiger partial charge in [-0.15, -0.1) is 0 Å². The molecule has 15 heavy (non-hydrogen) atoms. The maximum absolute atomic E-state index is 5.49. The van der Waals surface area contributed by atoms with Gasteiger partial charge in [-0.3, -0.25) is 0 Å². The molecule has 2 N–H and O–H groups in total. The third kappa shape index (κ3) is 2.02.